The van der Waals surface area contributed by atoms with E-state index in [-0.39, 0.29) is 0 Å². The summed E-state index contributed by atoms with van der Waals surface area (Å²) in [4.78, 5) is 0. The smallest absolute Gasteiger partial charge is 0.0272 e. The highest BCUT2D eigenvalue weighted by atomic mass is 13.9. The van der Waals surface area contributed by atoms with Crippen LogP contribution in [0.4, 0.5) is 0 Å². The Morgan fingerprint density at radius 2 is 1.69 bits per heavy atom. The predicted octanol–water partition coefficient (Wildman–Crippen LogP) is 4.63. The summed E-state index contributed by atoms with van der Waals surface area (Å²) in [5.74, 6) is 0. The molecule has 0 saturated heterocycles. The zero-order valence-electron chi connectivity index (χ0n) is 8.89. The fourth-order valence-corrected chi connectivity index (χ4v) is 1.11. The van der Waals surface area contributed by atoms with Crippen molar-refractivity contribution in [2.24, 2.45) is 0 Å². The van der Waals surface area contributed by atoms with Crippen LogP contribution in [0.25, 0.3) is 0 Å². The largest absolute Gasteiger partial charge is 0.130 e. The monoisotopic (exact) mass is 178 g/mol. The van der Waals surface area contributed by atoms with E-state index in [4.69, 9.17) is 0 Å². The summed E-state index contributed by atoms with van der Waals surface area (Å²) >= 11 is 0. The molecule has 0 nitrogen and oxygen atoms in total. The Balaban J connectivity index is 3.21. The van der Waals surface area contributed by atoms with Crippen LogP contribution in [0, 0.1) is 0 Å². The molecule has 0 spiro atoms. The Bertz CT molecular complexity index is 159. The zero-order chi connectivity index (χ0) is 9.78. The van der Waals surface area contributed by atoms with Crippen LogP contribution in [-0.2, 0) is 0 Å². The summed E-state index contributed by atoms with van der Waals surface area (Å²) < 4.78 is 0. The number of hydrogen-bond donors (Lipinski definition) is 0. The van der Waals surface area contributed by atoms with E-state index in [1.54, 1.807) is 0 Å². The lowest BCUT2D eigenvalue weighted by Gasteiger charge is -1.89. The molecule has 0 bridgehead atoms. The lowest BCUT2D eigenvalue weighted by Crippen LogP contribution is -1.69. The molecule has 0 fully saturated rings. The summed E-state index contributed by atoms with van der Waals surface area (Å²) in [6.45, 7) is 5.92. The minimum Gasteiger partial charge on any atom is -0.130 e. The number of allylic oxidation sites excluding steroid dienone is 2. The summed E-state index contributed by atoms with van der Waals surface area (Å²) in [6, 6.07) is 0. The minimum absolute atomic E-state index is 1.12. The van der Waals surface area contributed by atoms with Crippen LogP contribution in [0.3, 0.4) is 0 Å². The van der Waals surface area contributed by atoms with Gasteiger partial charge in [0.25, 0.3) is 0 Å². The molecule has 0 aromatic heterocycles. The predicted molar refractivity (Wildman–Crippen MR) is 60.8 cm³/mol. The quantitative estimate of drug-likeness (QED) is 0.289. The lowest BCUT2D eigenvalue weighted by atomic mass is 10.2. The fraction of sp³-hybridized carbons (Fsp3) is 0.615. The molecule has 0 amide bonds. The van der Waals surface area contributed by atoms with E-state index in [0.29, 0.717) is 0 Å². The molecule has 0 rings (SSSR count). The van der Waals surface area contributed by atoms with E-state index in [9.17, 15) is 0 Å². The Labute approximate surface area is 83.0 Å². The maximum absolute atomic E-state index is 3.69. The topological polar surface area (TPSA) is 0 Å². The van der Waals surface area contributed by atoms with Crippen LogP contribution < -0.4 is 0 Å². The summed E-state index contributed by atoms with van der Waals surface area (Å²) in [6.07, 6.45) is 14.9. The first-order chi connectivity index (χ1) is 6.41. The van der Waals surface area contributed by atoms with Crippen molar-refractivity contribution in [2.75, 3.05) is 0 Å². The van der Waals surface area contributed by atoms with Gasteiger partial charge in [-0.3, -0.25) is 0 Å². The number of hydrogen-bond acceptors (Lipinski definition) is 0. The summed E-state index contributed by atoms with van der Waals surface area (Å²) in [5, 5.41) is 0. The molecule has 13 heavy (non-hydrogen) atoms. The fourth-order valence-electron chi connectivity index (χ4n) is 1.11. The molecule has 0 atom stereocenters. The van der Waals surface area contributed by atoms with E-state index >= 15 is 0 Å². The summed E-state index contributed by atoms with van der Waals surface area (Å²) in [5.41, 5.74) is 3.22. The third kappa shape index (κ3) is 11.3. The van der Waals surface area contributed by atoms with Crippen LogP contribution in [0.2, 0.25) is 0 Å². The first-order valence-corrected chi connectivity index (χ1v) is 5.42. The second kappa shape index (κ2) is 11.3. The highest BCUT2D eigenvalue weighted by Crippen LogP contribution is 1.99. The second-order valence-corrected chi connectivity index (χ2v) is 3.29. The molecule has 0 aromatic rings. The Kier molecular flexibility index (Phi) is 10.6. The van der Waals surface area contributed by atoms with E-state index in [1.807, 2.05) is 6.08 Å². The third-order valence-corrected chi connectivity index (χ3v) is 1.94. The normalized spacial score (nSPS) is 9.00. The van der Waals surface area contributed by atoms with E-state index in [0.717, 1.165) is 12.8 Å². The van der Waals surface area contributed by atoms with Crippen LogP contribution in [0.15, 0.2) is 30.5 Å². The average Bonchev–Trinajstić information content (AvgIpc) is 2.16. The van der Waals surface area contributed by atoms with Crippen molar-refractivity contribution >= 4 is 0 Å². The van der Waals surface area contributed by atoms with Crippen molar-refractivity contribution in [2.45, 2.75) is 51.9 Å². The van der Waals surface area contributed by atoms with Gasteiger partial charge in [0.05, 0.1) is 0 Å². The number of unbranched alkanes of at least 4 members (excludes halogenated alkanes) is 5. The molecule has 0 heteroatoms. The van der Waals surface area contributed by atoms with Crippen LogP contribution >= 0.6 is 0 Å². The maximum atomic E-state index is 3.69. The van der Waals surface area contributed by atoms with Gasteiger partial charge in [-0.05, 0) is 44.3 Å². The number of rotatable bonds is 8. The molecule has 0 N–H and O–H groups in total. The SMILES string of the molecule is C=CCCCC=C=CCCCCC. The van der Waals surface area contributed by atoms with Gasteiger partial charge in [-0.2, -0.15) is 0 Å². The van der Waals surface area contributed by atoms with Crippen molar-refractivity contribution < 1.29 is 0 Å². The standard InChI is InChI=1S/C13H22/c1-3-5-7-9-11-13-12-10-8-6-4-2/h3,11-12H,1,4-10H2,2H3. The molecule has 0 aliphatic heterocycles. The van der Waals surface area contributed by atoms with Gasteiger partial charge in [-0.1, -0.05) is 25.8 Å². The zero-order valence-corrected chi connectivity index (χ0v) is 8.89. The van der Waals surface area contributed by atoms with Crippen LogP contribution in [0.5, 0.6) is 0 Å². The lowest BCUT2D eigenvalue weighted by molar-refractivity contribution is 0.729. The molecule has 0 heterocycles. The van der Waals surface area contributed by atoms with E-state index in [2.05, 4.69) is 31.4 Å². The highest BCUT2D eigenvalue weighted by molar-refractivity contribution is 4.85. The van der Waals surface area contributed by atoms with Gasteiger partial charge in [0.1, 0.15) is 0 Å². The molecular weight excluding hydrogens is 156 g/mol. The minimum atomic E-state index is 1.12. The highest BCUT2D eigenvalue weighted by Gasteiger charge is 1.80. The van der Waals surface area contributed by atoms with Crippen molar-refractivity contribution in [1.82, 2.24) is 0 Å². The van der Waals surface area contributed by atoms with Gasteiger partial charge in [-0.25, -0.2) is 0 Å². The Hall–Kier alpha value is -0.740. The summed E-state index contributed by atoms with van der Waals surface area (Å²) in [7, 11) is 0. The van der Waals surface area contributed by atoms with Crippen molar-refractivity contribution in [3.05, 3.63) is 30.5 Å². The first kappa shape index (κ1) is 12.3. The Morgan fingerprint density at radius 3 is 2.31 bits per heavy atom. The third-order valence-electron chi connectivity index (χ3n) is 1.94. The molecule has 0 aliphatic carbocycles. The van der Waals surface area contributed by atoms with Crippen LogP contribution in [0.1, 0.15) is 51.9 Å². The van der Waals surface area contributed by atoms with Gasteiger partial charge >= 0.3 is 0 Å². The molecule has 0 aromatic carbocycles. The van der Waals surface area contributed by atoms with Crippen molar-refractivity contribution in [3.63, 3.8) is 0 Å². The van der Waals surface area contributed by atoms with E-state index in [1.165, 1.54) is 32.1 Å². The van der Waals surface area contributed by atoms with Crippen molar-refractivity contribution in [1.29, 1.82) is 0 Å². The van der Waals surface area contributed by atoms with Gasteiger partial charge in [0, 0.05) is 0 Å². The van der Waals surface area contributed by atoms with Gasteiger partial charge in [-0.15, -0.1) is 12.3 Å². The first-order valence-electron chi connectivity index (χ1n) is 5.42. The van der Waals surface area contributed by atoms with Crippen LogP contribution in [-0.4, -0.2) is 0 Å². The van der Waals surface area contributed by atoms with Crippen molar-refractivity contribution in [3.8, 4) is 0 Å². The molecule has 0 aliphatic rings. The Morgan fingerprint density at radius 1 is 1.00 bits per heavy atom. The van der Waals surface area contributed by atoms with E-state index < -0.39 is 0 Å². The molecule has 74 valence electrons. The second-order valence-electron chi connectivity index (χ2n) is 3.29. The molecular formula is C13H22. The van der Waals surface area contributed by atoms with Gasteiger partial charge < -0.3 is 0 Å². The van der Waals surface area contributed by atoms with Gasteiger partial charge in [0.15, 0.2) is 0 Å². The molecule has 0 radical (unpaired) electrons. The van der Waals surface area contributed by atoms with Gasteiger partial charge in [0.2, 0.25) is 0 Å². The maximum Gasteiger partial charge on any atom is -0.0272 e. The molecule has 0 unspecified atom stereocenters. The molecule has 0 saturated carbocycles. The average molecular weight is 178 g/mol.